The highest BCUT2D eigenvalue weighted by Gasteiger charge is 2.22. The predicted octanol–water partition coefficient (Wildman–Crippen LogP) is 6.28. The predicted molar refractivity (Wildman–Crippen MR) is 142 cm³/mol. The molecule has 184 valence electrons. The standard InChI is InChI=1S/C29H30N4O3/c1-3-9-26-31-23-14-12-21(30-29(36)32-16-7-8-17-32)18-25(23)33(26)24-15-13-22(20-10-5-4-6-11-20)27(19(24)2)28(34)35/h4-6,10-15,18H,3,7-9,16-17H2,1-2H3,(H,30,36)(H,34,35). The average molecular weight is 483 g/mol. The number of likely N-dealkylation sites (tertiary alicyclic amines) is 1. The van der Waals surface area contributed by atoms with Gasteiger partial charge in [0.1, 0.15) is 5.82 Å². The van der Waals surface area contributed by atoms with Gasteiger partial charge >= 0.3 is 12.0 Å². The minimum atomic E-state index is -0.965. The number of carboxylic acid groups (broad SMARTS) is 1. The highest BCUT2D eigenvalue weighted by atomic mass is 16.4. The van der Waals surface area contributed by atoms with E-state index in [2.05, 4.69) is 12.2 Å². The number of amides is 2. The van der Waals surface area contributed by atoms with E-state index < -0.39 is 5.97 Å². The number of nitrogens with one attached hydrogen (secondary N) is 1. The third-order valence-corrected chi connectivity index (χ3v) is 6.82. The van der Waals surface area contributed by atoms with Crippen molar-refractivity contribution >= 4 is 28.7 Å². The number of aromatic carboxylic acids is 1. The molecule has 3 aromatic carbocycles. The van der Waals surface area contributed by atoms with Crippen LogP contribution in [-0.2, 0) is 6.42 Å². The Balaban J connectivity index is 1.64. The van der Waals surface area contributed by atoms with Crippen LogP contribution in [-0.4, -0.2) is 44.6 Å². The number of aryl methyl sites for hydroxylation is 1. The van der Waals surface area contributed by atoms with E-state index in [4.69, 9.17) is 4.98 Å². The lowest BCUT2D eigenvalue weighted by molar-refractivity contribution is 0.0697. The van der Waals surface area contributed by atoms with Crippen LogP contribution in [0, 0.1) is 6.92 Å². The van der Waals surface area contributed by atoms with E-state index in [1.165, 1.54) is 0 Å². The van der Waals surface area contributed by atoms with E-state index in [-0.39, 0.29) is 11.6 Å². The zero-order valence-corrected chi connectivity index (χ0v) is 20.6. The van der Waals surface area contributed by atoms with Crippen LogP contribution in [0.1, 0.15) is 47.9 Å². The van der Waals surface area contributed by atoms with Crippen LogP contribution in [0.4, 0.5) is 10.5 Å². The topological polar surface area (TPSA) is 87.5 Å². The summed E-state index contributed by atoms with van der Waals surface area (Å²) < 4.78 is 2.04. The lowest BCUT2D eigenvalue weighted by atomic mass is 9.94. The average Bonchev–Trinajstić information content (AvgIpc) is 3.53. The number of nitrogens with zero attached hydrogens (tertiary/aromatic N) is 3. The van der Waals surface area contributed by atoms with E-state index in [1.54, 1.807) is 0 Å². The number of aromatic nitrogens is 2. The summed E-state index contributed by atoms with van der Waals surface area (Å²) in [6.07, 6.45) is 3.70. The molecule has 0 saturated carbocycles. The summed E-state index contributed by atoms with van der Waals surface area (Å²) in [5.74, 6) is -0.101. The molecule has 7 nitrogen and oxygen atoms in total. The first kappa shape index (κ1) is 23.6. The van der Waals surface area contributed by atoms with Gasteiger partial charge in [-0.2, -0.15) is 0 Å². The Morgan fingerprint density at radius 1 is 1.03 bits per heavy atom. The van der Waals surface area contributed by atoms with Gasteiger partial charge in [0.05, 0.1) is 22.3 Å². The fraction of sp³-hybridized carbons (Fsp3) is 0.276. The van der Waals surface area contributed by atoms with E-state index in [1.807, 2.05) is 77.1 Å². The Hall–Kier alpha value is -4.13. The molecular formula is C29H30N4O3. The van der Waals surface area contributed by atoms with Crippen LogP contribution < -0.4 is 5.32 Å². The lowest BCUT2D eigenvalue weighted by Gasteiger charge is -2.18. The van der Waals surface area contributed by atoms with Crippen molar-refractivity contribution in [2.45, 2.75) is 39.5 Å². The van der Waals surface area contributed by atoms with Gasteiger partial charge in [-0.05, 0) is 67.1 Å². The number of carboxylic acids is 1. The third-order valence-electron chi connectivity index (χ3n) is 6.82. The molecule has 2 heterocycles. The number of carbonyl (C=O) groups excluding carboxylic acids is 1. The number of fused-ring (bicyclic) bond motifs is 1. The van der Waals surface area contributed by atoms with Crippen molar-refractivity contribution in [3.63, 3.8) is 0 Å². The zero-order chi connectivity index (χ0) is 25.2. The fourth-order valence-electron chi connectivity index (χ4n) is 5.06. The molecule has 36 heavy (non-hydrogen) atoms. The van der Waals surface area contributed by atoms with Crippen LogP contribution in [0.3, 0.4) is 0 Å². The number of anilines is 1. The monoisotopic (exact) mass is 482 g/mol. The van der Waals surface area contributed by atoms with Crippen molar-refractivity contribution in [1.82, 2.24) is 14.5 Å². The van der Waals surface area contributed by atoms with Crippen molar-refractivity contribution in [2.75, 3.05) is 18.4 Å². The SMILES string of the molecule is CCCc1nc2ccc(NC(=O)N3CCCC3)cc2n1-c1ccc(-c2ccccc2)c(C(=O)O)c1C. The molecule has 1 saturated heterocycles. The second-order valence-electron chi connectivity index (χ2n) is 9.24. The summed E-state index contributed by atoms with van der Waals surface area (Å²) in [6.45, 7) is 5.50. The normalized spacial score (nSPS) is 13.3. The van der Waals surface area contributed by atoms with Crippen molar-refractivity contribution in [1.29, 1.82) is 0 Å². The van der Waals surface area contributed by atoms with Gasteiger partial charge in [0.2, 0.25) is 0 Å². The van der Waals surface area contributed by atoms with Crippen molar-refractivity contribution in [3.8, 4) is 16.8 Å². The maximum atomic E-state index is 12.7. The van der Waals surface area contributed by atoms with Crippen LogP contribution in [0.2, 0.25) is 0 Å². The number of carbonyl (C=O) groups is 2. The van der Waals surface area contributed by atoms with Crippen molar-refractivity contribution < 1.29 is 14.7 Å². The van der Waals surface area contributed by atoms with E-state index in [0.29, 0.717) is 16.8 Å². The second kappa shape index (κ2) is 9.85. The third kappa shape index (κ3) is 4.33. The van der Waals surface area contributed by atoms with Gasteiger partial charge in [0.15, 0.2) is 0 Å². The first-order chi connectivity index (χ1) is 17.5. The molecule has 0 atom stereocenters. The van der Waals surface area contributed by atoms with Gasteiger partial charge in [-0.15, -0.1) is 0 Å². The first-order valence-corrected chi connectivity index (χ1v) is 12.5. The minimum Gasteiger partial charge on any atom is -0.478 e. The molecule has 0 spiro atoms. The Labute approximate surface area is 210 Å². The fourth-order valence-corrected chi connectivity index (χ4v) is 5.06. The van der Waals surface area contributed by atoms with Gasteiger partial charge in [0.25, 0.3) is 0 Å². The molecule has 2 N–H and O–H groups in total. The maximum Gasteiger partial charge on any atom is 0.336 e. The minimum absolute atomic E-state index is 0.0942. The van der Waals surface area contributed by atoms with Crippen LogP contribution in [0.5, 0.6) is 0 Å². The highest BCUT2D eigenvalue weighted by molar-refractivity contribution is 5.99. The quantitative estimate of drug-likeness (QED) is 0.339. The largest absolute Gasteiger partial charge is 0.478 e. The summed E-state index contributed by atoms with van der Waals surface area (Å²) in [6, 6.07) is 19.0. The number of imidazole rings is 1. The maximum absolute atomic E-state index is 12.7. The van der Waals surface area contributed by atoms with Gasteiger partial charge in [-0.25, -0.2) is 14.6 Å². The molecular weight excluding hydrogens is 452 g/mol. The first-order valence-electron chi connectivity index (χ1n) is 12.5. The number of benzene rings is 3. The zero-order valence-electron chi connectivity index (χ0n) is 20.6. The Morgan fingerprint density at radius 3 is 2.47 bits per heavy atom. The molecule has 1 fully saturated rings. The molecule has 7 heteroatoms. The van der Waals surface area contributed by atoms with E-state index >= 15 is 0 Å². The van der Waals surface area contributed by atoms with E-state index in [9.17, 15) is 14.7 Å². The van der Waals surface area contributed by atoms with E-state index in [0.717, 1.165) is 66.9 Å². The summed E-state index contributed by atoms with van der Waals surface area (Å²) in [4.78, 5) is 31.8. The molecule has 1 aromatic heterocycles. The molecule has 2 amide bonds. The van der Waals surface area contributed by atoms with Crippen molar-refractivity contribution in [2.24, 2.45) is 0 Å². The lowest BCUT2D eigenvalue weighted by Crippen LogP contribution is -2.32. The molecule has 1 aliphatic heterocycles. The van der Waals surface area contributed by atoms with Crippen LogP contribution in [0.15, 0.2) is 60.7 Å². The van der Waals surface area contributed by atoms with Crippen LogP contribution in [0.25, 0.3) is 27.8 Å². The molecule has 0 unspecified atom stereocenters. The van der Waals surface area contributed by atoms with Gasteiger partial charge in [-0.3, -0.25) is 4.57 Å². The second-order valence-corrected chi connectivity index (χ2v) is 9.24. The molecule has 0 radical (unpaired) electrons. The van der Waals surface area contributed by atoms with Crippen molar-refractivity contribution in [3.05, 3.63) is 77.6 Å². The number of rotatable bonds is 6. The van der Waals surface area contributed by atoms with Gasteiger partial charge in [-0.1, -0.05) is 43.3 Å². The summed E-state index contributed by atoms with van der Waals surface area (Å²) in [7, 11) is 0. The number of urea groups is 1. The molecule has 5 rings (SSSR count). The molecule has 4 aromatic rings. The highest BCUT2D eigenvalue weighted by Crippen LogP contribution is 2.33. The summed E-state index contributed by atoms with van der Waals surface area (Å²) in [5.41, 5.74) is 5.62. The number of hydrogen-bond donors (Lipinski definition) is 2. The van der Waals surface area contributed by atoms with Crippen LogP contribution >= 0.6 is 0 Å². The molecule has 0 aliphatic carbocycles. The number of hydrogen-bond acceptors (Lipinski definition) is 3. The molecule has 0 bridgehead atoms. The van der Waals surface area contributed by atoms with Gasteiger partial charge < -0.3 is 15.3 Å². The molecule has 1 aliphatic rings. The Bertz CT molecular complexity index is 1440. The van der Waals surface area contributed by atoms with Gasteiger partial charge in [0, 0.05) is 25.2 Å². The Morgan fingerprint density at radius 2 is 1.78 bits per heavy atom. The summed E-state index contributed by atoms with van der Waals surface area (Å²) in [5, 5.41) is 13.2. The smallest absolute Gasteiger partial charge is 0.336 e. The summed E-state index contributed by atoms with van der Waals surface area (Å²) >= 11 is 0. The Kier molecular flexibility index (Phi) is 6.46.